The first-order chi connectivity index (χ1) is 11.6. The third-order valence-electron chi connectivity index (χ3n) is 5.07. The van der Waals surface area contributed by atoms with E-state index in [1.54, 1.807) is 9.80 Å². The fourth-order valence-corrected chi connectivity index (χ4v) is 3.51. The monoisotopic (exact) mass is 331 g/mol. The zero-order valence-corrected chi connectivity index (χ0v) is 14.0. The summed E-state index contributed by atoms with van der Waals surface area (Å²) in [5, 5.41) is 12.9. The predicted molar refractivity (Wildman–Crippen MR) is 90.3 cm³/mol. The van der Waals surface area contributed by atoms with Crippen LogP contribution >= 0.6 is 0 Å². The first-order valence-electron chi connectivity index (χ1n) is 8.64. The predicted octanol–water partition coefficient (Wildman–Crippen LogP) is 1.51. The Kier molecular flexibility index (Phi) is 5.04. The maximum Gasteiger partial charge on any atom is 0.318 e. The summed E-state index contributed by atoms with van der Waals surface area (Å²) in [4.78, 5) is 28.1. The van der Waals surface area contributed by atoms with E-state index in [0.717, 1.165) is 24.8 Å². The lowest BCUT2D eigenvalue weighted by Gasteiger charge is -2.39. The average Bonchev–Trinajstić information content (AvgIpc) is 2.59. The first kappa shape index (κ1) is 16.8. The number of likely N-dealkylation sites (tertiary alicyclic amines) is 1. The smallest absolute Gasteiger partial charge is 0.318 e. The molecule has 24 heavy (non-hydrogen) atoms. The Balaban J connectivity index is 1.57. The van der Waals surface area contributed by atoms with E-state index < -0.39 is 6.10 Å². The number of carbonyl (C=O) groups is 2. The second-order valence-corrected chi connectivity index (χ2v) is 6.66. The largest absolute Gasteiger partial charge is 0.391 e. The summed E-state index contributed by atoms with van der Waals surface area (Å²) in [6.45, 7) is 3.15. The van der Waals surface area contributed by atoms with Crippen molar-refractivity contribution in [2.24, 2.45) is 0 Å². The summed E-state index contributed by atoms with van der Waals surface area (Å²) >= 11 is 0. The molecule has 0 spiro atoms. The van der Waals surface area contributed by atoms with E-state index in [9.17, 15) is 14.7 Å². The molecule has 0 bridgehead atoms. The number of piperidine rings is 1. The molecule has 2 N–H and O–H groups in total. The van der Waals surface area contributed by atoms with Gasteiger partial charge < -0.3 is 20.2 Å². The second-order valence-electron chi connectivity index (χ2n) is 6.66. The Morgan fingerprint density at radius 2 is 2.00 bits per heavy atom. The van der Waals surface area contributed by atoms with Crippen LogP contribution < -0.4 is 5.32 Å². The lowest BCUT2D eigenvalue weighted by Crippen LogP contribution is -2.55. The van der Waals surface area contributed by atoms with Crippen LogP contribution in [0.3, 0.4) is 0 Å². The number of nitrogens with zero attached hydrogens (tertiary/aromatic N) is 2. The fourth-order valence-electron chi connectivity index (χ4n) is 3.51. The zero-order valence-electron chi connectivity index (χ0n) is 14.0. The highest BCUT2D eigenvalue weighted by Crippen LogP contribution is 2.22. The van der Waals surface area contributed by atoms with Crippen LogP contribution in [0, 0.1) is 0 Å². The van der Waals surface area contributed by atoms with Gasteiger partial charge in [0, 0.05) is 13.1 Å². The van der Waals surface area contributed by atoms with E-state index >= 15 is 0 Å². The number of carbonyl (C=O) groups excluding carboxylic acids is 2. The van der Waals surface area contributed by atoms with Gasteiger partial charge in [-0.2, -0.15) is 0 Å². The lowest BCUT2D eigenvalue weighted by molar-refractivity contribution is -0.138. The molecule has 2 fully saturated rings. The summed E-state index contributed by atoms with van der Waals surface area (Å²) < 4.78 is 0. The number of aliphatic hydroxyl groups excluding tert-OH is 1. The molecule has 2 aliphatic rings. The van der Waals surface area contributed by atoms with Crippen molar-refractivity contribution in [2.75, 3.05) is 19.6 Å². The van der Waals surface area contributed by atoms with Gasteiger partial charge in [-0.15, -0.1) is 0 Å². The van der Waals surface area contributed by atoms with Crippen LogP contribution in [0.2, 0.25) is 0 Å². The average molecular weight is 331 g/mol. The van der Waals surface area contributed by atoms with Gasteiger partial charge in [0.1, 0.15) is 6.54 Å². The summed E-state index contributed by atoms with van der Waals surface area (Å²) in [5.41, 5.74) is 1.09. The standard InChI is InChI=1S/C18H25N3O3/c1-13-16(22)8-5-10-21(13)17(23)12-20-11-9-15(19-18(20)24)14-6-3-2-4-7-14/h2-4,6-7,13,15-16,22H,5,8-12H2,1H3,(H,19,24). The van der Waals surface area contributed by atoms with Crippen LogP contribution in [0.4, 0.5) is 4.79 Å². The molecule has 6 heteroatoms. The minimum Gasteiger partial charge on any atom is -0.391 e. The summed E-state index contributed by atoms with van der Waals surface area (Å²) in [6.07, 6.45) is 1.84. The Hall–Kier alpha value is -2.08. The van der Waals surface area contributed by atoms with E-state index in [4.69, 9.17) is 0 Å². The number of aliphatic hydroxyl groups is 1. The maximum atomic E-state index is 12.5. The van der Waals surface area contributed by atoms with Crippen LogP contribution in [0.25, 0.3) is 0 Å². The van der Waals surface area contributed by atoms with E-state index in [0.29, 0.717) is 13.1 Å². The molecule has 0 radical (unpaired) electrons. The zero-order chi connectivity index (χ0) is 17.1. The molecule has 0 aliphatic carbocycles. The van der Waals surface area contributed by atoms with E-state index in [-0.39, 0.29) is 30.6 Å². The Morgan fingerprint density at radius 1 is 1.25 bits per heavy atom. The van der Waals surface area contributed by atoms with E-state index in [2.05, 4.69) is 5.32 Å². The lowest BCUT2D eigenvalue weighted by atomic mass is 10.00. The second kappa shape index (κ2) is 7.21. The van der Waals surface area contributed by atoms with Gasteiger partial charge in [0.15, 0.2) is 0 Å². The van der Waals surface area contributed by atoms with E-state index in [1.807, 2.05) is 37.3 Å². The Bertz CT molecular complexity index is 592. The fraction of sp³-hybridized carbons (Fsp3) is 0.556. The van der Waals surface area contributed by atoms with Gasteiger partial charge in [0.05, 0.1) is 18.2 Å². The maximum absolute atomic E-state index is 12.5. The molecule has 0 aromatic heterocycles. The minimum absolute atomic E-state index is 0.000726. The molecular weight excluding hydrogens is 306 g/mol. The van der Waals surface area contributed by atoms with Crippen LogP contribution in [0.5, 0.6) is 0 Å². The summed E-state index contributed by atoms with van der Waals surface area (Å²) in [5.74, 6) is -0.0884. The van der Waals surface area contributed by atoms with Gasteiger partial charge in [-0.25, -0.2) is 4.79 Å². The number of benzene rings is 1. The number of hydrogen-bond donors (Lipinski definition) is 2. The molecular formula is C18H25N3O3. The minimum atomic E-state index is -0.472. The number of urea groups is 1. The molecule has 1 aromatic rings. The van der Waals surface area contributed by atoms with Crippen LogP contribution in [0.15, 0.2) is 30.3 Å². The number of nitrogens with one attached hydrogen (secondary N) is 1. The van der Waals surface area contributed by atoms with Crippen molar-refractivity contribution in [1.82, 2.24) is 15.1 Å². The number of rotatable bonds is 3. The topological polar surface area (TPSA) is 72.9 Å². The highest BCUT2D eigenvalue weighted by Gasteiger charge is 2.33. The normalized spacial score (nSPS) is 27.8. The van der Waals surface area contributed by atoms with Crippen molar-refractivity contribution < 1.29 is 14.7 Å². The molecule has 2 heterocycles. The van der Waals surface area contributed by atoms with Gasteiger partial charge in [0.25, 0.3) is 0 Å². The Morgan fingerprint density at radius 3 is 2.71 bits per heavy atom. The highest BCUT2D eigenvalue weighted by molar-refractivity contribution is 5.85. The molecule has 130 valence electrons. The van der Waals surface area contributed by atoms with Crippen LogP contribution in [-0.4, -0.2) is 58.6 Å². The van der Waals surface area contributed by atoms with Gasteiger partial charge in [0.2, 0.25) is 5.91 Å². The molecule has 3 amide bonds. The van der Waals surface area contributed by atoms with Gasteiger partial charge >= 0.3 is 6.03 Å². The SMILES string of the molecule is CC1C(O)CCCN1C(=O)CN1CCC(c2ccccc2)NC1=O. The molecule has 1 aromatic carbocycles. The molecule has 3 unspecified atom stereocenters. The van der Waals surface area contributed by atoms with E-state index in [1.165, 1.54) is 0 Å². The molecule has 3 rings (SSSR count). The molecule has 0 saturated carbocycles. The van der Waals surface area contributed by atoms with Gasteiger partial charge in [-0.3, -0.25) is 4.79 Å². The van der Waals surface area contributed by atoms with Crippen molar-refractivity contribution in [3.8, 4) is 0 Å². The molecule has 3 atom stereocenters. The third-order valence-corrected chi connectivity index (χ3v) is 5.07. The van der Waals surface area contributed by atoms with Crippen molar-refractivity contribution >= 4 is 11.9 Å². The summed E-state index contributed by atoms with van der Waals surface area (Å²) in [6, 6.07) is 9.49. The molecule has 2 saturated heterocycles. The van der Waals surface area contributed by atoms with Crippen LogP contribution in [-0.2, 0) is 4.79 Å². The summed E-state index contributed by atoms with van der Waals surface area (Å²) in [7, 11) is 0. The third kappa shape index (κ3) is 3.53. The van der Waals surface area contributed by atoms with Gasteiger partial charge in [-0.05, 0) is 31.7 Å². The van der Waals surface area contributed by atoms with Crippen LogP contribution in [0.1, 0.15) is 37.8 Å². The quantitative estimate of drug-likeness (QED) is 0.882. The molecule has 6 nitrogen and oxygen atoms in total. The van der Waals surface area contributed by atoms with Crippen molar-refractivity contribution in [3.63, 3.8) is 0 Å². The van der Waals surface area contributed by atoms with Crippen molar-refractivity contribution in [1.29, 1.82) is 0 Å². The van der Waals surface area contributed by atoms with Crippen molar-refractivity contribution in [3.05, 3.63) is 35.9 Å². The Labute approximate surface area is 142 Å². The van der Waals surface area contributed by atoms with Gasteiger partial charge in [-0.1, -0.05) is 30.3 Å². The highest BCUT2D eigenvalue weighted by atomic mass is 16.3. The first-order valence-corrected chi connectivity index (χ1v) is 8.64. The molecule has 2 aliphatic heterocycles. The number of hydrogen-bond acceptors (Lipinski definition) is 3. The number of amides is 3. The van der Waals surface area contributed by atoms with Crippen molar-refractivity contribution in [2.45, 2.75) is 44.4 Å².